The molecular formula is C18H31N3O3. The minimum absolute atomic E-state index is 0.0345. The van der Waals surface area contributed by atoms with Crippen LogP contribution < -0.4 is 0 Å². The number of rotatable bonds is 8. The number of carbonyl (C=O) groups is 2. The predicted octanol–water partition coefficient (Wildman–Crippen LogP) is 0.718. The first kappa shape index (κ1) is 19.1. The highest BCUT2D eigenvalue weighted by Gasteiger charge is 2.45. The number of amides is 1. The number of aliphatic hydroxyl groups excluding tert-OH is 1. The predicted molar refractivity (Wildman–Crippen MR) is 93.5 cm³/mol. The van der Waals surface area contributed by atoms with E-state index in [4.69, 9.17) is 5.11 Å². The van der Waals surface area contributed by atoms with Gasteiger partial charge in [0.25, 0.3) is 0 Å². The second-order valence-electron chi connectivity index (χ2n) is 6.73. The normalized spacial score (nSPS) is 22.4. The van der Waals surface area contributed by atoms with Gasteiger partial charge in [0.1, 0.15) is 5.41 Å². The Morgan fingerprint density at radius 1 is 1.00 bits per heavy atom. The van der Waals surface area contributed by atoms with Gasteiger partial charge in [0.05, 0.1) is 6.61 Å². The van der Waals surface area contributed by atoms with E-state index in [1.54, 1.807) is 17.2 Å². The highest BCUT2D eigenvalue weighted by Crippen LogP contribution is 2.33. The van der Waals surface area contributed by atoms with E-state index in [-0.39, 0.29) is 18.3 Å². The summed E-state index contributed by atoms with van der Waals surface area (Å²) in [6.45, 7) is 10.4. The Labute approximate surface area is 145 Å². The van der Waals surface area contributed by atoms with Crippen LogP contribution in [0.2, 0.25) is 0 Å². The van der Waals surface area contributed by atoms with Gasteiger partial charge < -0.3 is 14.9 Å². The van der Waals surface area contributed by atoms with Crippen molar-refractivity contribution in [1.29, 1.82) is 0 Å². The van der Waals surface area contributed by atoms with Crippen LogP contribution in [0.3, 0.4) is 0 Å². The fraction of sp³-hybridized carbons (Fsp3) is 0.778. The molecule has 0 radical (unpaired) electrons. The number of hydrogen-bond acceptors (Lipinski definition) is 5. The maximum Gasteiger partial charge on any atom is 0.240 e. The molecule has 6 heteroatoms. The zero-order chi connectivity index (χ0) is 17.6. The van der Waals surface area contributed by atoms with Crippen LogP contribution >= 0.6 is 0 Å². The van der Waals surface area contributed by atoms with Gasteiger partial charge in [-0.25, -0.2) is 0 Å². The van der Waals surface area contributed by atoms with E-state index in [0.717, 1.165) is 45.7 Å². The number of β-amino-alcohol motifs (C(OH)–C–C–N with tert-alkyl or cyclic N) is 1. The molecule has 0 saturated carbocycles. The van der Waals surface area contributed by atoms with Crippen molar-refractivity contribution < 1.29 is 14.7 Å². The molecule has 1 fully saturated rings. The number of carbonyl (C=O) groups excluding carboxylic acids is 2. The molecule has 2 heterocycles. The van der Waals surface area contributed by atoms with Crippen LogP contribution in [0.4, 0.5) is 0 Å². The molecule has 0 bridgehead atoms. The van der Waals surface area contributed by atoms with Gasteiger partial charge in [-0.05, 0) is 31.9 Å². The topological polar surface area (TPSA) is 64.1 Å². The first-order valence-corrected chi connectivity index (χ1v) is 9.16. The number of ketones is 1. The fourth-order valence-corrected chi connectivity index (χ4v) is 3.68. The number of aliphatic hydroxyl groups is 1. The number of hydrogen-bond donors (Lipinski definition) is 1. The molecule has 6 nitrogen and oxygen atoms in total. The van der Waals surface area contributed by atoms with E-state index in [9.17, 15) is 9.59 Å². The Kier molecular flexibility index (Phi) is 6.95. The SMILES string of the molecule is CCC1(CC)C(=O)C=CN(CCCN2CCN(CCO)CC2)C1=O. The number of nitrogens with zero attached hydrogens (tertiary/aromatic N) is 3. The van der Waals surface area contributed by atoms with Gasteiger partial charge in [0.15, 0.2) is 5.78 Å². The van der Waals surface area contributed by atoms with Crippen molar-refractivity contribution in [3.05, 3.63) is 12.3 Å². The molecule has 0 aromatic rings. The van der Waals surface area contributed by atoms with E-state index in [2.05, 4.69) is 9.80 Å². The Bertz CT molecular complexity index is 466. The summed E-state index contributed by atoms with van der Waals surface area (Å²) in [4.78, 5) is 31.3. The monoisotopic (exact) mass is 337 g/mol. The first-order chi connectivity index (χ1) is 11.6. The average molecular weight is 337 g/mol. The molecule has 1 amide bonds. The second-order valence-corrected chi connectivity index (χ2v) is 6.73. The van der Waals surface area contributed by atoms with E-state index in [1.807, 2.05) is 13.8 Å². The summed E-state index contributed by atoms with van der Waals surface area (Å²) in [6.07, 6.45) is 5.27. The molecule has 2 aliphatic heterocycles. The summed E-state index contributed by atoms with van der Waals surface area (Å²) < 4.78 is 0. The Morgan fingerprint density at radius 3 is 2.12 bits per heavy atom. The van der Waals surface area contributed by atoms with Gasteiger partial charge in [-0.15, -0.1) is 0 Å². The lowest BCUT2D eigenvalue weighted by atomic mass is 9.75. The minimum Gasteiger partial charge on any atom is -0.395 e. The lowest BCUT2D eigenvalue weighted by Crippen LogP contribution is -2.50. The summed E-state index contributed by atoms with van der Waals surface area (Å²) >= 11 is 0. The maximum atomic E-state index is 12.7. The van der Waals surface area contributed by atoms with Gasteiger partial charge in [0, 0.05) is 45.5 Å². The Hall–Kier alpha value is -1.24. The highest BCUT2D eigenvalue weighted by atomic mass is 16.3. The molecule has 0 aromatic heterocycles. The summed E-state index contributed by atoms with van der Waals surface area (Å²) in [6, 6.07) is 0. The molecule has 0 aromatic carbocycles. The van der Waals surface area contributed by atoms with Crippen LogP contribution in [0, 0.1) is 5.41 Å². The van der Waals surface area contributed by atoms with Crippen molar-refractivity contribution in [3.8, 4) is 0 Å². The molecule has 1 N–H and O–H groups in total. The highest BCUT2D eigenvalue weighted by molar-refractivity contribution is 6.13. The zero-order valence-corrected chi connectivity index (χ0v) is 15.0. The van der Waals surface area contributed by atoms with Crippen molar-refractivity contribution in [2.45, 2.75) is 33.1 Å². The van der Waals surface area contributed by atoms with Crippen molar-refractivity contribution in [2.75, 3.05) is 52.4 Å². The molecule has 0 aliphatic carbocycles. The molecule has 24 heavy (non-hydrogen) atoms. The fourth-order valence-electron chi connectivity index (χ4n) is 3.68. The molecule has 2 aliphatic rings. The number of allylic oxidation sites excluding steroid dienone is 1. The Morgan fingerprint density at radius 2 is 1.58 bits per heavy atom. The van der Waals surface area contributed by atoms with Crippen LogP contribution in [0.25, 0.3) is 0 Å². The van der Waals surface area contributed by atoms with E-state index in [1.165, 1.54) is 0 Å². The molecule has 0 unspecified atom stereocenters. The van der Waals surface area contributed by atoms with Gasteiger partial charge in [0.2, 0.25) is 5.91 Å². The quantitative estimate of drug-likeness (QED) is 0.661. The molecular weight excluding hydrogens is 306 g/mol. The van der Waals surface area contributed by atoms with E-state index in [0.29, 0.717) is 19.4 Å². The third-order valence-corrected chi connectivity index (χ3v) is 5.51. The van der Waals surface area contributed by atoms with Crippen molar-refractivity contribution in [1.82, 2.24) is 14.7 Å². The van der Waals surface area contributed by atoms with Crippen molar-refractivity contribution >= 4 is 11.7 Å². The van der Waals surface area contributed by atoms with Crippen LogP contribution in [-0.2, 0) is 9.59 Å². The third kappa shape index (κ3) is 4.05. The van der Waals surface area contributed by atoms with E-state index >= 15 is 0 Å². The van der Waals surface area contributed by atoms with Gasteiger partial charge in [-0.1, -0.05) is 13.8 Å². The average Bonchev–Trinajstić information content (AvgIpc) is 2.60. The lowest BCUT2D eigenvalue weighted by Gasteiger charge is -2.37. The second kappa shape index (κ2) is 8.74. The summed E-state index contributed by atoms with van der Waals surface area (Å²) in [5.74, 6) is -0.0819. The van der Waals surface area contributed by atoms with Gasteiger partial charge >= 0.3 is 0 Å². The maximum absolute atomic E-state index is 12.7. The summed E-state index contributed by atoms with van der Waals surface area (Å²) in [5.41, 5.74) is -0.843. The largest absolute Gasteiger partial charge is 0.395 e. The number of piperazine rings is 1. The van der Waals surface area contributed by atoms with Crippen LogP contribution in [-0.4, -0.2) is 83.9 Å². The van der Waals surface area contributed by atoms with Crippen LogP contribution in [0.15, 0.2) is 12.3 Å². The first-order valence-electron chi connectivity index (χ1n) is 9.16. The van der Waals surface area contributed by atoms with E-state index < -0.39 is 5.41 Å². The molecule has 0 spiro atoms. The summed E-state index contributed by atoms with van der Waals surface area (Å²) in [5, 5.41) is 8.97. The molecule has 1 saturated heterocycles. The standard InChI is InChI=1S/C18H31N3O3/c1-3-18(4-2)16(23)6-9-21(17(18)24)8-5-7-19-10-12-20(13-11-19)14-15-22/h6,9,22H,3-5,7-8,10-15H2,1-2H3. The van der Waals surface area contributed by atoms with Gasteiger partial charge in [-0.3, -0.25) is 14.5 Å². The molecule has 0 atom stereocenters. The van der Waals surface area contributed by atoms with Crippen molar-refractivity contribution in [3.63, 3.8) is 0 Å². The minimum atomic E-state index is -0.843. The van der Waals surface area contributed by atoms with Gasteiger partial charge in [-0.2, -0.15) is 0 Å². The zero-order valence-electron chi connectivity index (χ0n) is 15.0. The Balaban J connectivity index is 1.80. The smallest absolute Gasteiger partial charge is 0.240 e. The molecule has 2 rings (SSSR count). The molecule has 136 valence electrons. The van der Waals surface area contributed by atoms with Crippen LogP contribution in [0.5, 0.6) is 0 Å². The van der Waals surface area contributed by atoms with Crippen molar-refractivity contribution in [2.24, 2.45) is 5.41 Å². The summed E-state index contributed by atoms with van der Waals surface area (Å²) in [7, 11) is 0. The lowest BCUT2D eigenvalue weighted by molar-refractivity contribution is -0.148. The third-order valence-electron chi connectivity index (χ3n) is 5.51. The van der Waals surface area contributed by atoms with Crippen LogP contribution in [0.1, 0.15) is 33.1 Å².